The van der Waals surface area contributed by atoms with Gasteiger partial charge in [-0.15, -0.1) is 0 Å². The van der Waals surface area contributed by atoms with E-state index in [9.17, 15) is 0 Å². The summed E-state index contributed by atoms with van der Waals surface area (Å²) in [5, 5.41) is 0.898. The summed E-state index contributed by atoms with van der Waals surface area (Å²) < 4.78 is 5.69. The smallest absolute Gasteiger partial charge is 0.179 e. The third-order valence-electron chi connectivity index (χ3n) is 2.68. The summed E-state index contributed by atoms with van der Waals surface area (Å²) in [6, 6.07) is 3.67. The second kappa shape index (κ2) is 2.98. The first-order valence-electron chi connectivity index (χ1n) is 5.16. The highest BCUT2D eigenvalue weighted by molar-refractivity contribution is 6.04. The van der Waals surface area contributed by atoms with Gasteiger partial charge in [0.05, 0.1) is 5.39 Å². The average molecular weight is 222 g/mol. The predicted octanol–water partition coefficient (Wildman–Crippen LogP) is 2.32. The van der Waals surface area contributed by atoms with E-state index in [4.69, 9.17) is 4.42 Å². The summed E-state index contributed by atoms with van der Waals surface area (Å²) >= 11 is 0. The van der Waals surface area contributed by atoms with Crippen molar-refractivity contribution in [1.29, 1.82) is 0 Å². The molecule has 0 aliphatic rings. The van der Waals surface area contributed by atoms with Crippen LogP contribution in [0, 0.1) is 0 Å². The van der Waals surface area contributed by atoms with Crippen LogP contribution in [0.2, 0.25) is 0 Å². The van der Waals surface area contributed by atoms with Crippen LogP contribution in [0.4, 0.5) is 0 Å². The number of hydrogen-bond acceptors (Lipinski definition) is 5. The first kappa shape index (κ1) is 8.58. The zero-order valence-corrected chi connectivity index (χ0v) is 8.66. The summed E-state index contributed by atoms with van der Waals surface area (Å²) in [4.78, 5) is 16.9. The molecule has 4 aromatic rings. The van der Waals surface area contributed by atoms with Gasteiger partial charge in [0.1, 0.15) is 16.6 Å². The van der Waals surface area contributed by atoms with Crippen LogP contribution >= 0.6 is 0 Å². The SMILES string of the molecule is c1cc2oc3cc4nccnc4nc3c2cn1. The molecular formula is C12H6N4O. The standard InChI is InChI=1S/C12H6N4O/c1-2-13-6-7-9(1)17-10-5-8-12(16-11(7)10)15-4-3-14-8/h1-6H. The number of nitrogens with zero attached hydrogens (tertiary/aromatic N) is 4. The molecule has 0 fully saturated rings. The lowest BCUT2D eigenvalue weighted by atomic mass is 10.3. The quantitative estimate of drug-likeness (QED) is 0.456. The van der Waals surface area contributed by atoms with Crippen molar-refractivity contribution >= 4 is 33.2 Å². The van der Waals surface area contributed by atoms with Crippen molar-refractivity contribution in [2.75, 3.05) is 0 Å². The Labute approximate surface area is 95.1 Å². The predicted molar refractivity (Wildman–Crippen MR) is 62.4 cm³/mol. The zero-order valence-electron chi connectivity index (χ0n) is 8.66. The number of aromatic nitrogens is 4. The highest BCUT2D eigenvalue weighted by atomic mass is 16.3. The number of rotatable bonds is 0. The largest absolute Gasteiger partial charge is 0.454 e. The number of hydrogen-bond donors (Lipinski definition) is 0. The van der Waals surface area contributed by atoms with E-state index in [1.54, 1.807) is 24.8 Å². The van der Waals surface area contributed by atoms with Gasteiger partial charge >= 0.3 is 0 Å². The van der Waals surface area contributed by atoms with Gasteiger partial charge in [0, 0.05) is 30.9 Å². The highest BCUT2D eigenvalue weighted by Crippen LogP contribution is 2.27. The molecule has 0 radical (unpaired) electrons. The fraction of sp³-hybridized carbons (Fsp3) is 0. The summed E-state index contributed by atoms with van der Waals surface area (Å²) in [7, 11) is 0. The molecule has 4 rings (SSSR count). The molecule has 0 aromatic carbocycles. The maximum atomic E-state index is 5.69. The maximum Gasteiger partial charge on any atom is 0.179 e. The summed E-state index contributed by atoms with van der Waals surface area (Å²) in [5.41, 5.74) is 3.61. The van der Waals surface area contributed by atoms with Crippen molar-refractivity contribution < 1.29 is 4.42 Å². The molecule has 0 N–H and O–H groups in total. The van der Waals surface area contributed by atoms with Crippen LogP contribution in [0.15, 0.2) is 41.3 Å². The van der Waals surface area contributed by atoms with Crippen molar-refractivity contribution in [3.05, 3.63) is 36.9 Å². The molecular weight excluding hydrogens is 216 g/mol. The molecule has 17 heavy (non-hydrogen) atoms. The molecule has 5 heteroatoms. The Kier molecular flexibility index (Phi) is 1.50. The molecule has 0 aliphatic carbocycles. The van der Waals surface area contributed by atoms with Gasteiger partial charge in [-0.2, -0.15) is 0 Å². The molecule has 0 bridgehead atoms. The monoisotopic (exact) mass is 222 g/mol. The molecule has 0 unspecified atom stereocenters. The molecule has 4 aromatic heterocycles. The van der Waals surface area contributed by atoms with Crippen molar-refractivity contribution in [3.63, 3.8) is 0 Å². The number of fused-ring (bicyclic) bond motifs is 4. The maximum absolute atomic E-state index is 5.69. The lowest BCUT2D eigenvalue weighted by Crippen LogP contribution is -1.85. The molecule has 0 saturated carbocycles. The highest BCUT2D eigenvalue weighted by Gasteiger charge is 2.10. The summed E-state index contributed by atoms with van der Waals surface area (Å²) in [6.45, 7) is 0. The average Bonchev–Trinajstić information content (AvgIpc) is 2.73. The van der Waals surface area contributed by atoms with Gasteiger partial charge < -0.3 is 4.42 Å². The van der Waals surface area contributed by atoms with Gasteiger partial charge in [-0.1, -0.05) is 0 Å². The van der Waals surface area contributed by atoms with E-state index in [1.807, 2.05) is 12.1 Å². The van der Waals surface area contributed by atoms with Crippen LogP contribution in [0.25, 0.3) is 33.2 Å². The second-order valence-electron chi connectivity index (χ2n) is 3.71. The summed E-state index contributed by atoms with van der Waals surface area (Å²) in [5.74, 6) is 0. The van der Waals surface area contributed by atoms with Gasteiger partial charge in [0.15, 0.2) is 11.2 Å². The van der Waals surface area contributed by atoms with Crippen LogP contribution in [0.1, 0.15) is 0 Å². The Balaban J connectivity index is 2.28. The topological polar surface area (TPSA) is 64.7 Å². The van der Waals surface area contributed by atoms with Crippen LogP contribution in [-0.4, -0.2) is 19.9 Å². The second-order valence-corrected chi connectivity index (χ2v) is 3.71. The Morgan fingerprint density at radius 2 is 1.94 bits per heavy atom. The summed E-state index contributed by atoms with van der Waals surface area (Å²) in [6.07, 6.45) is 6.71. The first-order valence-corrected chi connectivity index (χ1v) is 5.16. The van der Waals surface area contributed by atoms with E-state index in [2.05, 4.69) is 19.9 Å². The van der Waals surface area contributed by atoms with Gasteiger partial charge in [-0.25, -0.2) is 9.97 Å². The van der Waals surface area contributed by atoms with Gasteiger partial charge in [-0.05, 0) is 6.07 Å². The van der Waals surface area contributed by atoms with Crippen molar-refractivity contribution in [3.8, 4) is 0 Å². The van der Waals surface area contributed by atoms with Gasteiger partial charge in [-0.3, -0.25) is 9.97 Å². The van der Waals surface area contributed by atoms with Gasteiger partial charge in [0.25, 0.3) is 0 Å². The zero-order chi connectivity index (χ0) is 11.2. The minimum atomic E-state index is 0.617. The van der Waals surface area contributed by atoms with Crippen molar-refractivity contribution in [2.45, 2.75) is 0 Å². The third kappa shape index (κ3) is 1.13. The number of furan rings is 1. The van der Waals surface area contributed by atoms with E-state index in [0.717, 1.165) is 22.0 Å². The first-order chi connectivity index (χ1) is 8.42. The van der Waals surface area contributed by atoms with E-state index >= 15 is 0 Å². The van der Waals surface area contributed by atoms with E-state index in [1.165, 1.54) is 0 Å². The van der Waals surface area contributed by atoms with E-state index in [0.29, 0.717) is 11.2 Å². The Hall–Kier alpha value is -2.56. The fourth-order valence-electron chi connectivity index (χ4n) is 1.92. The van der Waals surface area contributed by atoms with E-state index in [-0.39, 0.29) is 0 Å². The molecule has 0 amide bonds. The van der Waals surface area contributed by atoms with E-state index < -0.39 is 0 Å². The minimum absolute atomic E-state index is 0.617. The van der Waals surface area contributed by atoms with Crippen LogP contribution in [-0.2, 0) is 0 Å². The van der Waals surface area contributed by atoms with Crippen LogP contribution in [0.3, 0.4) is 0 Å². The Bertz CT molecular complexity index is 847. The normalized spacial score (nSPS) is 11.5. The van der Waals surface area contributed by atoms with Crippen molar-refractivity contribution in [2.24, 2.45) is 0 Å². The molecule has 5 nitrogen and oxygen atoms in total. The van der Waals surface area contributed by atoms with Crippen molar-refractivity contribution in [1.82, 2.24) is 19.9 Å². The third-order valence-corrected chi connectivity index (χ3v) is 2.68. The lowest BCUT2D eigenvalue weighted by molar-refractivity contribution is 0.668. The van der Waals surface area contributed by atoms with Crippen LogP contribution in [0.5, 0.6) is 0 Å². The molecule has 0 spiro atoms. The lowest BCUT2D eigenvalue weighted by Gasteiger charge is -1.93. The molecule has 4 heterocycles. The minimum Gasteiger partial charge on any atom is -0.454 e. The molecule has 0 saturated heterocycles. The van der Waals surface area contributed by atoms with Gasteiger partial charge in [0.2, 0.25) is 0 Å². The Morgan fingerprint density at radius 3 is 2.94 bits per heavy atom. The molecule has 80 valence electrons. The molecule has 0 aliphatic heterocycles. The van der Waals surface area contributed by atoms with Crippen LogP contribution < -0.4 is 0 Å². The fourth-order valence-corrected chi connectivity index (χ4v) is 1.92. The number of pyridine rings is 2. The Morgan fingerprint density at radius 1 is 1.00 bits per heavy atom. The molecule has 0 atom stereocenters.